The Bertz CT molecular complexity index is 160. The molecule has 0 aliphatic heterocycles. The number of carbonyl (C=O) groups excluding carboxylic acids is 2. The van der Waals surface area contributed by atoms with Gasteiger partial charge in [0.15, 0.2) is 0 Å². The lowest BCUT2D eigenvalue weighted by molar-refractivity contribution is -0.108. The highest BCUT2D eigenvalue weighted by Gasteiger charge is 2.00. The van der Waals surface area contributed by atoms with Crippen LogP contribution in [-0.2, 0) is 9.59 Å². The number of rotatable bonds is 11. The van der Waals surface area contributed by atoms with E-state index in [1.807, 2.05) is 0 Å². The summed E-state index contributed by atoms with van der Waals surface area (Å²) in [5.41, 5.74) is 5.69. The molecule has 1 unspecified atom stereocenters. The standard InChI is InChI=1S/C12H23NO2/c13-12(9-11-15)8-6-4-2-1-3-5-7-10-14/h10-12H,1-9,13H2. The van der Waals surface area contributed by atoms with Gasteiger partial charge in [-0.3, -0.25) is 0 Å². The summed E-state index contributed by atoms with van der Waals surface area (Å²) in [6.45, 7) is 0. The van der Waals surface area contributed by atoms with Crippen LogP contribution in [-0.4, -0.2) is 18.6 Å². The second-order valence-corrected chi connectivity index (χ2v) is 4.03. The predicted molar refractivity (Wildman–Crippen MR) is 61.7 cm³/mol. The SMILES string of the molecule is NC(CC=O)CCCCCCCCC=O. The highest BCUT2D eigenvalue weighted by atomic mass is 16.1. The van der Waals surface area contributed by atoms with Crippen molar-refractivity contribution in [2.45, 2.75) is 63.8 Å². The molecule has 0 radical (unpaired) electrons. The van der Waals surface area contributed by atoms with Crippen LogP contribution in [0.15, 0.2) is 0 Å². The van der Waals surface area contributed by atoms with E-state index in [2.05, 4.69) is 0 Å². The number of unbranched alkanes of at least 4 members (excludes halogenated alkanes) is 6. The molecule has 0 bridgehead atoms. The normalized spacial score (nSPS) is 12.3. The second kappa shape index (κ2) is 11.4. The highest BCUT2D eigenvalue weighted by molar-refractivity contribution is 5.50. The minimum Gasteiger partial charge on any atom is -0.327 e. The van der Waals surface area contributed by atoms with Crippen LogP contribution < -0.4 is 5.73 Å². The van der Waals surface area contributed by atoms with Crippen molar-refractivity contribution in [1.82, 2.24) is 0 Å². The van der Waals surface area contributed by atoms with Gasteiger partial charge in [0.25, 0.3) is 0 Å². The van der Waals surface area contributed by atoms with Gasteiger partial charge in [0.2, 0.25) is 0 Å². The number of hydrogen-bond donors (Lipinski definition) is 1. The zero-order chi connectivity index (χ0) is 11.4. The molecule has 0 aliphatic carbocycles. The molecule has 88 valence electrons. The van der Waals surface area contributed by atoms with Crippen LogP contribution in [0.4, 0.5) is 0 Å². The summed E-state index contributed by atoms with van der Waals surface area (Å²) in [7, 11) is 0. The minimum atomic E-state index is 0.0533. The lowest BCUT2D eigenvalue weighted by atomic mass is 10.0. The van der Waals surface area contributed by atoms with Crippen molar-refractivity contribution in [1.29, 1.82) is 0 Å². The van der Waals surface area contributed by atoms with Crippen molar-refractivity contribution in [2.75, 3.05) is 0 Å². The molecule has 3 heteroatoms. The van der Waals surface area contributed by atoms with Crippen LogP contribution in [0.25, 0.3) is 0 Å². The average molecular weight is 213 g/mol. The highest BCUT2D eigenvalue weighted by Crippen LogP contribution is 2.09. The summed E-state index contributed by atoms with van der Waals surface area (Å²) in [6.07, 6.45) is 10.9. The summed E-state index contributed by atoms with van der Waals surface area (Å²) in [5, 5.41) is 0. The van der Waals surface area contributed by atoms with E-state index < -0.39 is 0 Å². The smallest absolute Gasteiger partial charge is 0.121 e. The zero-order valence-corrected chi connectivity index (χ0v) is 9.49. The summed E-state index contributed by atoms with van der Waals surface area (Å²) in [4.78, 5) is 20.2. The Morgan fingerprint density at radius 1 is 0.867 bits per heavy atom. The lowest BCUT2D eigenvalue weighted by Crippen LogP contribution is -2.19. The molecule has 0 aromatic rings. The largest absolute Gasteiger partial charge is 0.327 e. The van der Waals surface area contributed by atoms with E-state index >= 15 is 0 Å². The maximum atomic E-state index is 10.1. The fraction of sp³-hybridized carbons (Fsp3) is 0.833. The second-order valence-electron chi connectivity index (χ2n) is 4.03. The molecule has 3 nitrogen and oxygen atoms in total. The Balaban J connectivity index is 3.04. The molecule has 0 rings (SSSR count). The molecule has 0 spiro atoms. The Kier molecular flexibility index (Phi) is 10.8. The molecule has 0 heterocycles. The third-order valence-electron chi connectivity index (χ3n) is 2.55. The summed E-state index contributed by atoms with van der Waals surface area (Å²) in [6, 6.07) is 0.0533. The fourth-order valence-corrected chi connectivity index (χ4v) is 1.58. The third-order valence-corrected chi connectivity index (χ3v) is 2.55. The maximum absolute atomic E-state index is 10.1. The van der Waals surface area contributed by atoms with Crippen LogP contribution in [0, 0.1) is 0 Å². The van der Waals surface area contributed by atoms with Gasteiger partial charge in [0.05, 0.1) is 0 Å². The number of aldehydes is 2. The number of hydrogen-bond acceptors (Lipinski definition) is 3. The van der Waals surface area contributed by atoms with E-state index in [1.54, 1.807) is 0 Å². The Morgan fingerprint density at radius 3 is 2.07 bits per heavy atom. The van der Waals surface area contributed by atoms with Gasteiger partial charge in [-0.2, -0.15) is 0 Å². The first-order valence-electron chi connectivity index (χ1n) is 5.94. The van der Waals surface area contributed by atoms with Crippen molar-refractivity contribution in [2.24, 2.45) is 5.73 Å². The fourth-order valence-electron chi connectivity index (χ4n) is 1.58. The Morgan fingerprint density at radius 2 is 1.47 bits per heavy atom. The maximum Gasteiger partial charge on any atom is 0.121 e. The Labute approximate surface area is 92.4 Å². The van der Waals surface area contributed by atoms with Crippen LogP contribution in [0.2, 0.25) is 0 Å². The number of nitrogens with two attached hydrogens (primary N) is 1. The van der Waals surface area contributed by atoms with Gasteiger partial charge in [0, 0.05) is 18.9 Å². The van der Waals surface area contributed by atoms with Gasteiger partial charge in [-0.1, -0.05) is 32.1 Å². The van der Waals surface area contributed by atoms with E-state index in [9.17, 15) is 9.59 Å². The lowest BCUT2D eigenvalue weighted by Gasteiger charge is -2.06. The molecule has 0 aromatic heterocycles. The van der Waals surface area contributed by atoms with E-state index in [4.69, 9.17) is 5.73 Å². The van der Waals surface area contributed by atoms with E-state index in [1.165, 1.54) is 19.3 Å². The molecule has 1 atom stereocenters. The molecule has 0 amide bonds. The van der Waals surface area contributed by atoms with E-state index in [-0.39, 0.29) is 6.04 Å². The van der Waals surface area contributed by atoms with E-state index in [0.717, 1.165) is 38.3 Å². The van der Waals surface area contributed by atoms with Crippen LogP contribution in [0.1, 0.15) is 57.8 Å². The summed E-state index contributed by atoms with van der Waals surface area (Å²) < 4.78 is 0. The molecular formula is C12H23NO2. The number of carbonyl (C=O) groups is 2. The third kappa shape index (κ3) is 11.2. The van der Waals surface area contributed by atoms with Crippen molar-refractivity contribution in [3.05, 3.63) is 0 Å². The topological polar surface area (TPSA) is 60.2 Å². The molecule has 0 aliphatic rings. The quantitative estimate of drug-likeness (QED) is 0.423. The summed E-state index contributed by atoms with van der Waals surface area (Å²) >= 11 is 0. The van der Waals surface area contributed by atoms with Gasteiger partial charge in [-0.05, 0) is 12.8 Å². The molecule has 0 saturated carbocycles. The first kappa shape index (κ1) is 14.3. The van der Waals surface area contributed by atoms with Gasteiger partial charge in [0.1, 0.15) is 12.6 Å². The van der Waals surface area contributed by atoms with Crippen LogP contribution in [0.3, 0.4) is 0 Å². The first-order chi connectivity index (χ1) is 7.31. The molecule has 0 fully saturated rings. The molecule has 2 N–H and O–H groups in total. The molecule has 0 saturated heterocycles. The molecular weight excluding hydrogens is 190 g/mol. The average Bonchev–Trinajstić information content (AvgIpc) is 2.22. The van der Waals surface area contributed by atoms with Crippen molar-refractivity contribution < 1.29 is 9.59 Å². The van der Waals surface area contributed by atoms with Gasteiger partial charge in [-0.25, -0.2) is 0 Å². The zero-order valence-electron chi connectivity index (χ0n) is 9.49. The van der Waals surface area contributed by atoms with Crippen LogP contribution in [0.5, 0.6) is 0 Å². The van der Waals surface area contributed by atoms with Crippen molar-refractivity contribution in [3.8, 4) is 0 Å². The van der Waals surface area contributed by atoms with Gasteiger partial charge < -0.3 is 15.3 Å². The summed E-state index contributed by atoms with van der Waals surface area (Å²) in [5.74, 6) is 0. The van der Waals surface area contributed by atoms with Gasteiger partial charge >= 0.3 is 0 Å². The molecule has 15 heavy (non-hydrogen) atoms. The van der Waals surface area contributed by atoms with Crippen LogP contribution >= 0.6 is 0 Å². The predicted octanol–water partition coefficient (Wildman–Crippen LogP) is 2.22. The minimum absolute atomic E-state index is 0.0533. The van der Waals surface area contributed by atoms with Crippen molar-refractivity contribution >= 4 is 12.6 Å². The van der Waals surface area contributed by atoms with Gasteiger partial charge in [-0.15, -0.1) is 0 Å². The molecule has 0 aromatic carbocycles. The van der Waals surface area contributed by atoms with E-state index in [0.29, 0.717) is 12.8 Å². The monoisotopic (exact) mass is 213 g/mol. The Hall–Kier alpha value is -0.700. The van der Waals surface area contributed by atoms with Crippen molar-refractivity contribution in [3.63, 3.8) is 0 Å². The first-order valence-corrected chi connectivity index (χ1v) is 5.94.